The maximum absolute atomic E-state index is 12.9. The van der Waals surface area contributed by atoms with Crippen LogP contribution in [0.15, 0.2) is 77.7 Å². The number of hydrogen-bond donors (Lipinski definition) is 1. The number of nitrogens with one attached hydrogen (secondary N) is 1. The lowest BCUT2D eigenvalue weighted by atomic mass is 10.1. The number of carbonyl (C=O) groups is 2. The van der Waals surface area contributed by atoms with Crippen molar-refractivity contribution in [3.05, 3.63) is 98.9 Å². The van der Waals surface area contributed by atoms with E-state index in [2.05, 4.69) is 5.32 Å². The van der Waals surface area contributed by atoms with E-state index in [1.54, 1.807) is 53.4 Å². The number of amides is 2. The van der Waals surface area contributed by atoms with Crippen LogP contribution < -0.4 is 10.1 Å². The predicted molar refractivity (Wildman–Crippen MR) is 147 cm³/mol. The molecule has 1 fully saturated rings. The molecule has 0 unspecified atom stereocenters. The van der Waals surface area contributed by atoms with E-state index in [0.29, 0.717) is 37.3 Å². The Morgan fingerprint density at radius 1 is 1.03 bits per heavy atom. The van der Waals surface area contributed by atoms with Gasteiger partial charge in [0.2, 0.25) is 0 Å². The van der Waals surface area contributed by atoms with Gasteiger partial charge in [-0.15, -0.1) is 0 Å². The highest BCUT2D eigenvalue weighted by Gasteiger charge is 2.31. The van der Waals surface area contributed by atoms with Crippen LogP contribution in [0.25, 0.3) is 6.08 Å². The number of thioether (sulfide) groups is 1. The Balaban J connectivity index is 1.36. The van der Waals surface area contributed by atoms with Gasteiger partial charge < -0.3 is 10.1 Å². The van der Waals surface area contributed by atoms with Gasteiger partial charge in [0.05, 0.1) is 20.6 Å². The average Bonchev–Trinajstić information content (AvgIpc) is 3.11. The molecule has 0 bridgehead atoms. The highest BCUT2D eigenvalue weighted by Crippen LogP contribution is 2.34. The van der Waals surface area contributed by atoms with Crippen molar-refractivity contribution in [2.75, 3.05) is 18.5 Å². The van der Waals surface area contributed by atoms with E-state index in [0.717, 1.165) is 17.5 Å². The molecule has 0 aliphatic carbocycles. The van der Waals surface area contributed by atoms with Crippen molar-refractivity contribution in [1.29, 1.82) is 0 Å². The highest BCUT2D eigenvalue weighted by atomic mass is 35.5. The molecule has 0 radical (unpaired) electrons. The Bertz CT molecular complexity index is 1300. The molecule has 3 aromatic rings. The van der Waals surface area contributed by atoms with Gasteiger partial charge in [0, 0.05) is 6.54 Å². The molecule has 35 heavy (non-hydrogen) atoms. The summed E-state index contributed by atoms with van der Waals surface area (Å²) in [6.45, 7) is 0.292. The Hall–Kier alpha value is -2.84. The van der Waals surface area contributed by atoms with Crippen LogP contribution in [0.4, 0.5) is 5.69 Å². The van der Waals surface area contributed by atoms with Gasteiger partial charge in [-0.3, -0.25) is 14.5 Å². The molecule has 1 aliphatic heterocycles. The molecule has 0 aromatic heterocycles. The van der Waals surface area contributed by atoms with E-state index in [4.69, 9.17) is 40.2 Å². The fraction of sp³-hybridized carbons (Fsp3) is 0.115. The summed E-state index contributed by atoms with van der Waals surface area (Å²) in [4.78, 5) is 27.2. The number of hydrogen-bond acceptors (Lipinski definition) is 5. The van der Waals surface area contributed by atoms with E-state index in [1.807, 2.05) is 30.3 Å². The van der Waals surface area contributed by atoms with Crippen molar-refractivity contribution in [2.24, 2.45) is 0 Å². The van der Waals surface area contributed by atoms with Crippen LogP contribution in [-0.4, -0.2) is 34.2 Å². The zero-order valence-electron chi connectivity index (χ0n) is 18.4. The zero-order chi connectivity index (χ0) is 24.8. The molecular weight excluding hydrogens is 523 g/mol. The average molecular weight is 543 g/mol. The smallest absolute Gasteiger partial charge is 0.266 e. The lowest BCUT2D eigenvalue weighted by Crippen LogP contribution is -2.30. The van der Waals surface area contributed by atoms with E-state index in [9.17, 15) is 9.59 Å². The van der Waals surface area contributed by atoms with Gasteiger partial charge in [0.25, 0.3) is 11.8 Å². The molecule has 178 valence electrons. The monoisotopic (exact) mass is 542 g/mol. The fourth-order valence-electron chi connectivity index (χ4n) is 3.35. The summed E-state index contributed by atoms with van der Waals surface area (Å²) in [6, 6.07) is 22.0. The second kappa shape index (κ2) is 11.7. The number of anilines is 1. The van der Waals surface area contributed by atoms with E-state index >= 15 is 0 Å². The molecule has 0 atom stereocenters. The quantitative estimate of drug-likeness (QED) is 0.261. The van der Waals surface area contributed by atoms with Crippen molar-refractivity contribution in [2.45, 2.75) is 6.42 Å². The van der Waals surface area contributed by atoms with Gasteiger partial charge in [-0.25, -0.2) is 0 Å². The van der Waals surface area contributed by atoms with Crippen LogP contribution in [0.2, 0.25) is 10.0 Å². The maximum atomic E-state index is 12.9. The first-order chi connectivity index (χ1) is 16.9. The van der Waals surface area contributed by atoms with Crippen LogP contribution in [0, 0.1) is 0 Å². The number of nitrogens with zero attached hydrogens (tertiary/aromatic N) is 1. The summed E-state index contributed by atoms with van der Waals surface area (Å²) >= 11 is 19.1. The van der Waals surface area contributed by atoms with Gasteiger partial charge in [0.1, 0.15) is 10.1 Å². The molecule has 3 aromatic carbocycles. The molecule has 9 heteroatoms. The van der Waals surface area contributed by atoms with Crippen LogP contribution in [0.1, 0.15) is 11.1 Å². The number of halogens is 2. The minimum Gasteiger partial charge on any atom is -0.482 e. The first-order valence-electron chi connectivity index (χ1n) is 10.7. The third-order valence-corrected chi connectivity index (χ3v) is 7.10. The van der Waals surface area contributed by atoms with Crippen molar-refractivity contribution in [3.63, 3.8) is 0 Å². The molecular formula is C26H20Cl2N2O3S2. The van der Waals surface area contributed by atoms with Gasteiger partial charge in [-0.05, 0) is 47.9 Å². The summed E-state index contributed by atoms with van der Waals surface area (Å²) in [5, 5.41) is 3.45. The largest absolute Gasteiger partial charge is 0.482 e. The topological polar surface area (TPSA) is 58.6 Å². The zero-order valence-corrected chi connectivity index (χ0v) is 21.5. The Morgan fingerprint density at radius 3 is 2.51 bits per heavy atom. The van der Waals surface area contributed by atoms with E-state index in [-0.39, 0.29) is 18.4 Å². The lowest BCUT2D eigenvalue weighted by Gasteiger charge is -2.14. The predicted octanol–water partition coefficient (Wildman–Crippen LogP) is 6.45. The molecule has 1 N–H and O–H groups in total. The van der Waals surface area contributed by atoms with Gasteiger partial charge >= 0.3 is 0 Å². The van der Waals surface area contributed by atoms with Crippen LogP contribution in [0.5, 0.6) is 5.75 Å². The second-order valence-corrected chi connectivity index (χ2v) is 10.1. The molecule has 1 heterocycles. The van der Waals surface area contributed by atoms with Crippen molar-refractivity contribution < 1.29 is 14.3 Å². The van der Waals surface area contributed by atoms with Crippen LogP contribution in [-0.2, 0) is 16.0 Å². The Kier molecular flexibility index (Phi) is 8.46. The third kappa shape index (κ3) is 6.64. The molecule has 0 spiro atoms. The third-order valence-electron chi connectivity index (χ3n) is 5.10. The minimum absolute atomic E-state index is 0.122. The van der Waals surface area contributed by atoms with E-state index in [1.165, 1.54) is 11.8 Å². The van der Waals surface area contributed by atoms with Gasteiger partial charge in [0.15, 0.2) is 6.61 Å². The summed E-state index contributed by atoms with van der Waals surface area (Å²) in [7, 11) is 0. The molecule has 1 saturated heterocycles. The van der Waals surface area contributed by atoms with Crippen LogP contribution >= 0.6 is 47.2 Å². The number of ether oxygens (including phenoxy) is 1. The van der Waals surface area contributed by atoms with Gasteiger partial charge in [-0.1, -0.05) is 95.7 Å². The first-order valence-corrected chi connectivity index (χ1v) is 12.6. The molecule has 0 saturated carbocycles. The second-order valence-electron chi connectivity index (χ2n) is 7.58. The van der Waals surface area contributed by atoms with Crippen molar-refractivity contribution in [3.8, 4) is 5.75 Å². The SMILES string of the molecule is O=C(COc1ccc(/C=C2\SC(=S)N(CCc3ccccc3)C2=O)cc1Cl)Nc1ccccc1Cl. The minimum atomic E-state index is -0.363. The number of rotatable bonds is 8. The van der Waals surface area contributed by atoms with Crippen molar-refractivity contribution >= 4 is 75.1 Å². The standard InChI is InChI=1S/C26H20Cl2N2O3S2/c27-19-8-4-5-9-21(19)29-24(31)16-33-22-11-10-18(14-20(22)28)15-23-25(32)30(26(34)35-23)13-12-17-6-2-1-3-7-17/h1-11,14-15H,12-13,16H2,(H,29,31)/b23-15-. The first kappa shape index (κ1) is 25.3. The Morgan fingerprint density at radius 2 is 1.77 bits per heavy atom. The molecule has 4 rings (SSSR count). The molecule has 1 aliphatic rings. The maximum Gasteiger partial charge on any atom is 0.266 e. The summed E-state index contributed by atoms with van der Waals surface area (Å²) in [6.07, 6.45) is 2.48. The molecule has 2 amide bonds. The summed E-state index contributed by atoms with van der Waals surface area (Å²) in [5.41, 5.74) is 2.38. The number of benzene rings is 3. The number of carbonyl (C=O) groups excluding carboxylic acids is 2. The number of para-hydroxylation sites is 1. The van der Waals surface area contributed by atoms with Crippen molar-refractivity contribution in [1.82, 2.24) is 4.90 Å². The van der Waals surface area contributed by atoms with E-state index < -0.39 is 0 Å². The lowest BCUT2D eigenvalue weighted by molar-refractivity contribution is -0.122. The molecule has 5 nitrogen and oxygen atoms in total. The van der Waals surface area contributed by atoms with Crippen LogP contribution in [0.3, 0.4) is 0 Å². The Labute approximate surface area is 223 Å². The summed E-state index contributed by atoms with van der Waals surface area (Å²) < 4.78 is 6.09. The van der Waals surface area contributed by atoms with Gasteiger partial charge in [-0.2, -0.15) is 0 Å². The number of thiocarbonyl (C=S) groups is 1. The normalized spacial score (nSPS) is 14.5. The highest BCUT2D eigenvalue weighted by molar-refractivity contribution is 8.26. The fourth-order valence-corrected chi connectivity index (χ4v) is 5.08. The summed E-state index contributed by atoms with van der Waals surface area (Å²) in [5.74, 6) is -0.130.